The van der Waals surface area contributed by atoms with E-state index in [0.29, 0.717) is 13.0 Å². The van der Waals surface area contributed by atoms with Crippen LogP contribution in [0, 0.1) is 0 Å². The van der Waals surface area contributed by atoms with Crippen molar-refractivity contribution in [1.82, 2.24) is 0 Å². The van der Waals surface area contributed by atoms with Gasteiger partial charge in [0.1, 0.15) is 0 Å². The minimum absolute atomic E-state index is 0.596. The molecule has 0 saturated heterocycles. The van der Waals surface area contributed by atoms with Gasteiger partial charge in [-0.05, 0) is 19.9 Å². The van der Waals surface area contributed by atoms with Gasteiger partial charge in [0.15, 0.2) is 11.6 Å². The van der Waals surface area contributed by atoms with E-state index in [-0.39, 0.29) is 0 Å². The second-order valence-corrected chi connectivity index (χ2v) is 4.17. The van der Waals surface area contributed by atoms with Crippen LogP contribution in [0.2, 0.25) is 0 Å². The summed E-state index contributed by atoms with van der Waals surface area (Å²) in [5.41, 5.74) is -3.88. The fourth-order valence-electron chi connectivity index (χ4n) is 1.57. The third-order valence-electron chi connectivity index (χ3n) is 2.74. The average molecular weight is 304 g/mol. The van der Waals surface area contributed by atoms with Crippen LogP contribution in [0.3, 0.4) is 0 Å². The molecule has 0 aromatic rings. The molecule has 0 aliphatic heterocycles. The lowest BCUT2D eigenvalue weighted by molar-refractivity contribution is -0.343. The van der Waals surface area contributed by atoms with Crippen LogP contribution in [0.25, 0.3) is 0 Å². The number of allylic oxidation sites excluding steroid dienone is 4. The average Bonchev–Trinajstić information content (AvgIpc) is 2.24. The molecule has 20 heavy (non-hydrogen) atoms. The molecule has 1 aliphatic carbocycles. The highest BCUT2D eigenvalue weighted by Crippen LogP contribution is 2.51. The SMILES string of the molecule is CC1=CC(=O)C(C)=C(C(F)(F)C(F)(F)C(F)(F)F)C1=O. The summed E-state index contributed by atoms with van der Waals surface area (Å²) in [5, 5.41) is 0. The van der Waals surface area contributed by atoms with Crippen LogP contribution >= 0.6 is 0 Å². The van der Waals surface area contributed by atoms with Crippen LogP contribution in [-0.4, -0.2) is 29.6 Å². The first-order valence-corrected chi connectivity index (χ1v) is 5.06. The molecule has 0 heterocycles. The molecule has 0 spiro atoms. The summed E-state index contributed by atoms with van der Waals surface area (Å²) >= 11 is 0. The molecule has 0 radical (unpaired) electrons. The second-order valence-electron chi connectivity index (χ2n) is 4.17. The molecule has 0 fully saturated rings. The number of hydrogen-bond acceptors (Lipinski definition) is 2. The number of alkyl halides is 7. The van der Waals surface area contributed by atoms with Gasteiger partial charge in [-0.3, -0.25) is 9.59 Å². The Hall–Kier alpha value is -1.67. The van der Waals surface area contributed by atoms with E-state index in [9.17, 15) is 40.3 Å². The Balaban J connectivity index is 3.53. The molecule has 0 atom stereocenters. The highest BCUT2D eigenvalue weighted by molar-refractivity contribution is 6.23. The fraction of sp³-hybridized carbons (Fsp3) is 0.455. The van der Waals surface area contributed by atoms with Gasteiger partial charge in [-0.15, -0.1) is 0 Å². The predicted molar refractivity (Wildman–Crippen MR) is 52.4 cm³/mol. The van der Waals surface area contributed by atoms with E-state index in [1.807, 2.05) is 0 Å². The van der Waals surface area contributed by atoms with Gasteiger partial charge in [-0.1, -0.05) is 0 Å². The molecule has 1 aliphatic rings. The van der Waals surface area contributed by atoms with Crippen LogP contribution in [0.5, 0.6) is 0 Å². The Morgan fingerprint density at radius 2 is 1.35 bits per heavy atom. The lowest BCUT2D eigenvalue weighted by Gasteiger charge is -2.31. The number of ketones is 2. The Kier molecular flexibility index (Phi) is 3.62. The van der Waals surface area contributed by atoms with Crippen LogP contribution in [0.1, 0.15) is 13.8 Å². The second kappa shape index (κ2) is 4.42. The summed E-state index contributed by atoms with van der Waals surface area (Å²) in [7, 11) is 0. The summed E-state index contributed by atoms with van der Waals surface area (Å²) in [6.45, 7) is 1.47. The summed E-state index contributed by atoms with van der Waals surface area (Å²) in [6.07, 6.45) is -5.97. The van der Waals surface area contributed by atoms with Gasteiger partial charge >= 0.3 is 18.0 Å². The third kappa shape index (κ3) is 2.14. The van der Waals surface area contributed by atoms with Crippen molar-refractivity contribution in [3.63, 3.8) is 0 Å². The van der Waals surface area contributed by atoms with Crippen molar-refractivity contribution in [1.29, 1.82) is 0 Å². The summed E-state index contributed by atoms with van der Waals surface area (Å²) in [6, 6.07) is 0. The lowest BCUT2D eigenvalue weighted by atomic mass is 9.85. The van der Waals surface area contributed by atoms with Crippen LogP contribution in [0.15, 0.2) is 22.8 Å². The zero-order valence-corrected chi connectivity index (χ0v) is 10.0. The van der Waals surface area contributed by atoms with E-state index in [4.69, 9.17) is 0 Å². The van der Waals surface area contributed by atoms with E-state index in [2.05, 4.69) is 0 Å². The van der Waals surface area contributed by atoms with Gasteiger partial charge in [-0.25, -0.2) is 0 Å². The highest BCUT2D eigenvalue weighted by Gasteiger charge is 2.75. The van der Waals surface area contributed by atoms with Gasteiger partial charge < -0.3 is 0 Å². The minimum Gasteiger partial charge on any atom is -0.290 e. The monoisotopic (exact) mass is 304 g/mol. The number of carbonyl (C=O) groups excluding carboxylic acids is 2. The predicted octanol–water partition coefficient (Wildman–Crippen LogP) is 3.23. The van der Waals surface area contributed by atoms with E-state index in [0.717, 1.165) is 6.92 Å². The zero-order valence-electron chi connectivity index (χ0n) is 10.0. The first-order valence-electron chi connectivity index (χ1n) is 5.06. The maximum absolute atomic E-state index is 13.5. The molecule has 0 aromatic carbocycles. The van der Waals surface area contributed by atoms with E-state index in [1.165, 1.54) is 0 Å². The Labute approximate surface area is 107 Å². The summed E-state index contributed by atoms with van der Waals surface area (Å²) in [4.78, 5) is 22.7. The number of halogens is 7. The van der Waals surface area contributed by atoms with E-state index >= 15 is 0 Å². The molecular formula is C11H7F7O2. The molecule has 0 unspecified atom stereocenters. The first-order chi connectivity index (χ1) is 8.75. The smallest absolute Gasteiger partial charge is 0.290 e. The van der Waals surface area contributed by atoms with Crippen molar-refractivity contribution >= 4 is 11.6 Å². The molecular weight excluding hydrogens is 297 g/mol. The molecule has 0 bridgehead atoms. The molecule has 9 heteroatoms. The zero-order chi connectivity index (χ0) is 16.1. The largest absolute Gasteiger partial charge is 0.460 e. The highest BCUT2D eigenvalue weighted by atomic mass is 19.4. The molecule has 2 nitrogen and oxygen atoms in total. The van der Waals surface area contributed by atoms with Gasteiger partial charge in [0, 0.05) is 11.1 Å². The Morgan fingerprint density at radius 3 is 1.75 bits per heavy atom. The molecule has 1 rings (SSSR count). The van der Waals surface area contributed by atoms with Crippen LogP contribution < -0.4 is 0 Å². The molecule has 0 aromatic heterocycles. The normalized spacial score (nSPS) is 18.6. The van der Waals surface area contributed by atoms with E-state index < -0.39 is 46.3 Å². The topological polar surface area (TPSA) is 34.1 Å². The molecule has 0 amide bonds. The first kappa shape index (κ1) is 16.4. The quantitative estimate of drug-likeness (QED) is 0.580. The van der Waals surface area contributed by atoms with Crippen LogP contribution in [-0.2, 0) is 9.59 Å². The third-order valence-corrected chi connectivity index (χ3v) is 2.74. The van der Waals surface area contributed by atoms with Crippen molar-refractivity contribution in [2.24, 2.45) is 0 Å². The molecule has 0 saturated carbocycles. The van der Waals surface area contributed by atoms with Gasteiger partial charge in [-0.2, -0.15) is 30.7 Å². The van der Waals surface area contributed by atoms with Crippen molar-refractivity contribution in [2.75, 3.05) is 0 Å². The Bertz CT molecular complexity index is 537. The standard InChI is InChI=1S/C11H7F7O2/c1-4-3-6(19)5(2)7(8(4)20)9(12,13)10(14,15)11(16,17)18/h3H,1-2H3. The number of Topliss-reactive ketones (excluding diaryl/α,β-unsaturated/α-hetero) is 1. The van der Waals surface area contributed by atoms with Gasteiger partial charge in [0.25, 0.3) is 0 Å². The summed E-state index contributed by atoms with van der Waals surface area (Å²) in [5.74, 6) is -15.2. The van der Waals surface area contributed by atoms with Crippen molar-refractivity contribution in [3.05, 3.63) is 22.8 Å². The number of rotatable bonds is 2. The summed E-state index contributed by atoms with van der Waals surface area (Å²) < 4.78 is 89.0. The molecule has 0 N–H and O–H groups in total. The van der Waals surface area contributed by atoms with Crippen molar-refractivity contribution in [3.8, 4) is 0 Å². The maximum Gasteiger partial charge on any atom is 0.460 e. The van der Waals surface area contributed by atoms with Crippen LogP contribution in [0.4, 0.5) is 30.7 Å². The number of hydrogen-bond donors (Lipinski definition) is 0. The van der Waals surface area contributed by atoms with Gasteiger partial charge in [0.05, 0.1) is 5.57 Å². The fourth-order valence-corrected chi connectivity index (χ4v) is 1.57. The van der Waals surface area contributed by atoms with Crippen molar-refractivity contribution < 1.29 is 40.3 Å². The van der Waals surface area contributed by atoms with Gasteiger partial charge in [0.2, 0.25) is 0 Å². The maximum atomic E-state index is 13.5. The van der Waals surface area contributed by atoms with Crippen molar-refractivity contribution in [2.45, 2.75) is 31.9 Å². The van der Waals surface area contributed by atoms with E-state index in [1.54, 1.807) is 0 Å². The number of carbonyl (C=O) groups is 2. The molecule has 112 valence electrons. The Morgan fingerprint density at radius 1 is 0.900 bits per heavy atom. The minimum atomic E-state index is -6.57. The lowest BCUT2D eigenvalue weighted by Crippen LogP contribution is -2.54.